The Hall–Kier alpha value is -2.47. The lowest BCUT2D eigenvalue weighted by Gasteiger charge is -2.58. The van der Waals surface area contributed by atoms with Crippen molar-refractivity contribution in [3.63, 3.8) is 0 Å². The molecule has 0 spiro atoms. The van der Waals surface area contributed by atoms with Crippen molar-refractivity contribution in [1.82, 2.24) is 15.2 Å². The van der Waals surface area contributed by atoms with Crippen molar-refractivity contribution in [2.24, 2.45) is 16.7 Å². The number of aliphatic carboxylic acids is 1. The SMILES string of the molecule is C[C@H]1NC2([NH2+]/C(=C(\C=N)C(=O)N(CC(=O)c3c(Cl)cncc3Cl)C3CCC(C)(C)CC3)C(F)F)CCC(C)(C(=O)O)C[C@H]12. The van der Waals surface area contributed by atoms with Crippen LogP contribution in [0.25, 0.3) is 0 Å². The Labute approximate surface area is 260 Å². The number of hydrogen-bond acceptors (Lipinski definition) is 6. The minimum atomic E-state index is -3.09. The summed E-state index contributed by atoms with van der Waals surface area (Å²) >= 11 is 12.4. The largest absolute Gasteiger partial charge is 0.481 e. The summed E-state index contributed by atoms with van der Waals surface area (Å²) in [6, 6.07) is -0.528. The molecule has 2 aliphatic carbocycles. The average molecular weight is 644 g/mol. The highest BCUT2D eigenvalue weighted by Crippen LogP contribution is 2.48. The zero-order chi connectivity index (χ0) is 31.9. The number of allylic oxidation sites excluding steroid dienone is 1. The molecule has 0 bridgehead atoms. The number of halogens is 4. The molecule has 3 aliphatic rings. The van der Waals surface area contributed by atoms with Crippen LogP contribution in [0.2, 0.25) is 10.0 Å². The van der Waals surface area contributed by atoms with Gasteiger partial charge in [0.05, 0.1) is 27.6 Å². The van der Waals surface area contributed by atoms with Crippen molar-refractivity contribution >= 4 is 47.1 Å². The average Bonchev–Trinajstić information content (AvgIpc) is 2.92. The number of nitrogens with zero attached hydrogens (tertiary/aromatic N) is 2. The third-order valence-electron chi connectivity index (χ3n) is 9.83. The third kappa shape index (κ3) is 6.65. The van der Waals surface area contributed by atoms with Crippen LogP contribution in [0.15, 0.2) is 23.7 Å². The summed E-state index contributed by atoms with van der Waals surface area (Å²) in [5, 5.41) is 22.5. The molecule has 1 aromatic rings. The van der Waals surface area contributed by atoms with Crippen LogP contribution < -0.4 is 10.6 Å². The molecule has 1 saturated heterocycles. The second-order valence-corrected chi connectivity index (χ2v) is 14.2. The lowest BCUT2D eigenvalue weighted by Crippen LogP contribution is -3.07. The Balaban J connectivity index is 1.70. The van der Waals surface area contributed by atoms with Gasteiger partial charge in [-0.25, -0.2) is 0 Å². The van der Waals surface area contributed by atoms with E-state index in [9.17, 15) is 28.3 Å². The molecule has 2 unspecified atom stereocenters. The number of rotatable bonds is 10. The molecule has 0 aromatic carbocycles. The van der Waals surface area contributed by atoms with Crippen LogP contribution in [-0.4, -0.2) is 69.6 Å². The Bertz CT molecular complexity index is 1310. The maximum atomic E-state index is 14.8. The van der Waals surface area contributed by atoms with Gasteiger partial charge in [-0.3, -0.25) is 30.0 Å². The van der Waals surface area contributed by atoms with Gasteiger partial charge in [0, 0.05) is 43.0 Å². The molecule has 1 amide bonds. The molecule has 1 aliphatic heterocycles. The predicted molar refractivity (Wildman–Crippen MR) is 158 cm³/mol. The lowest BCUT2D eigenvalue weighted by molar-refractivity contribution is -0.726. The third-order valence-corrected chi connectivity index (χ3v) is 10.4. The van der Waals surface area contributed by atoms with E-state index in [1.165, 1.54) is 22.6 Å². The van der Waals surface area contributed by atoms with Crippen LogP contribution in [0.4, 0.5) is 8.78 Å². The van der Waals surface area contributed by atoms with E-state index in [1.54, 1.807) is 6.92 Å². The highest BCUT2D eigenvalue weighted by Gasteiger charge is 2.62. The topological polar surface area (TPSA) is 140 Å². The fourth-order valence-electron chi connectivity index (χ4n) is 7.02. The van der Waals surface area contributed by atoms with E-state index in [0.717, 1.165) is 12.8 Å². The number of carbonyl (C=O) groups excluding carboxylic acids is 2. The van der Waals surface area contributed by atoms with Crippen molar-refractivity contribution in [2.45, 2.75) is 96.8 Å². The fraction of sp³-hybridized carbons (Fsp3) is 0.633. The minimum Gasteiger partial charge on any atom is -0.481 e. The van der Waals surface area contributed by atoms with Crippen molar-refractivity contribution in [3.05, 3.63) is 39.3 Å². The summed E-state index contributed by atoms with van der Waals surface area (Å²) in [7, 11) is 0. The second kappa shape index (κ2) is 12.5. The van der Waals surface area contributed by atoms with Crippen LogP contribution in [0.3, 0.4) is 0 Å². The number of alkyl halides is 2. The number of carboxylic acids is 1. The monoisotopic (exact) mass is 642 g/mol. The summed E-state index contributed by atoms with van der Waals surface area (Å²) in [4.78, 5) is 44.7. The maximum absolute atomic E-state index is 14.8. The van der Waals surface area contributed by atoms with Crippen LogP contribution in [-0.2, 0) is 9.59 Å². The molecule has 1 aromatic heterocycles. The zero-order valence-electron chi connectivity index (χ0n) is 24.9. The van der Waals surface area contributed by atoms with Crippen LogP contribution in [0.5, 0.6) is 0 Å². The van der Waals surface area contributed by atoms with Crippen molar-refractivity contribution in [3.8, 4) is 0 Å². The number of fused-ring (bicyclic) bond motifs is 1. The van der Waals surface area contributed by atoms with Gasteiger partial charge in [-0.15, -0.1) is 0 Å². The summed E-state index contributed by atoms with van der Waals surface area (Å²) in [6.45, 7) is 7.33. The zero-order valence-corrected chi connectivity index (χ0v) is 26.4. The van der Waals surface area contributed by atoms with Gasteiger partial charge >= 0.3 is 12.4 Å². The number of quaternary nitrogens is 1. The first-order valence-electron chi connectivity index (χ1n) is 14.6. The van der Waals surface area contributed by atoms with Crippen LogP contribution in [0.1, 0.15) is 83.0 Å². The first kappa shape index (κ1) is 33.4. The number of amides is 1. The van der Waals surface area contributed by atoms with Gasteiger partial charge in [0.25, 0.3) is 5.91 Å². The van der Waals surface area contributed by atoms with Gasteiger partial charge in [0.15, 0.2) is 17.1 Å². The molecule has 43 heavy (non-hydrogen) atoms. The molecule has 13 heteroatoms. The Morgan fingerprint density at radius 1 is 1.16 bits per heavy atom. The van der Waals surface area contributed by atoms with Gasteiger partial charge in [-0.05, 0) is 57.8 Å². The van der Waals surface area contributed by atoms with E-state index in [1.807, 2.05) is 6.92 Å². The van der Waals surface area contributed by atoms with Gasteiger partial charge in [-0.2, -0.15) is 8.78 Å². The smallest absolute Gasteiger partial charge is 0.311 e. The number of Topliss-reactive ketones (excluding diaryl/α,β-unsaturated/α-hetero) is 1. The molecule has 9 nitrogen and oxygen atoms in total. The van der Waals surface area contributed by atoms with Crippen LogP contribution >= 0.6 is 23.2 Å². The number of carbonyl (C=O) groups is 3. The van der Waals surface area contributed by atoms with Gasteiger partial charge in [-0.1, -0.05) is 37.0 Å². The first-order valence-corrected chi connectivity index (χ1v) is 15.3. The summed E-state index contributed by atoms with van der Waals surface area (Å²) in [5.74, 6) is -2.57. The van der Waals surface area contributed by atoms with E-state index in [0.29, 0.717) is 31.9 Å². The molecule has 5 N–H and O–H groups in total. The fourth-order valence-corrected chi connectivity index (χ4v) is 7.59. The molecule has 4 atom stereocenters. The number of pyridine rings is 1. The molecule has 4 rings (SSSR count). The van der Waals surface area contributed by atoms with E-state index in [2.05, 4.69) is 24.1 Å². The molecule has 2 heterocycles. The standard InChI is InChI=1S/C30H39Cl2F2N5O4/c1-16-19-11-29(4,27(42)43)9-10-30(19,37-16)38-24(25(33)34)18(12-35)26(41)39(17-5-7-28(2,3)8-6-17)15-22(40)23-20(31)13-36-14-21(23)32/h12-14,16-17,19,25,35,37-38H,5-11,15H2,1-4H3,(H,42,43)/p+1/b24-18+,35-12?/t16-,19-,29?,30?/m1/s1. The van der Waals surface area contributed by atoms with E-state index in [4.69, 9.17) is 28.6 Å². The predicted octanol–water partition coefficient (Wildman–Crippen LogP) is 4.68. The molecular formula is C30H40Cl2F2N5O4+. The lowest BCUT2D eigenvalue weighted by atomic mass is 9.59. The summed E-state index contributed by atoms with van der Waals surface area (Å²) in [6.07, 6.45) is 3.58. The molecule has 236 valence electrons. The van der Waals surface area contributed by atoms with Gasteiger partial charge < -0.3 is 15.4 Å². The normalized spacial score (nSPS) is 29.2. The van der Waals surface area contributed by atoms with E-state index < -0.39 is 59.0 Å². The van der Waals surface area contributed by atoms with Crippen molar-refractivity contribution in [1.29, 1.82) is 5.41 Å². The van der Waals surface area contributed by atoms with E-state index in [-0.39, 0.29) is 39.4 Å². The van der Waals surface area contributed by atoms with Gasteiger partial charge in [0.2, 0.25) is 0 Å². The number of nitrogens with one attached hydrogen (secondary N) is 2. The molecule has 2 saturated carbocycles. The second-order valence-electron chi connectivity index (χ2n) is 13.3. The Morgan fingerprint density at radius 3 is 2.28 bits per heavy atom. The van der Waals surface area contributed by atoms with Gasteiger partial charge in [0.1, 0.15) is 5.57 Å². The molecule has 0 radical (unpaired) electrons. The highest BCUT2D eigenvalue weighted by molar-refractivity contribution is 6.39. The first-order chi connectivity index (χ1) is 20.0. The summed E-state index contributed by atoms with van der Waals surface area (Å²) < 4.78 is 29.6. The number of carboxylic acid groups (broad SMARTS) is 1. The minimum absolute atomic E-state index is 0.00799. The number of ketones is 1. The molecule has 3 fully saturated rings. The van der Waals surface area contributed by atoms with Crippen LogP contribution in [0, 0.1) is 22.2 Å². The van der Waals surface area contributed by atoms with E-state index >= 15 is 0 Å². The Kier molecular flexibility index (Phi) is 9.71. The summed E-state index contributed by atoms with van der Waals surface area (Å²) in [5.41, 5.74) is -2.98. The maximum Gasteiger partial charge on any atom is 0.311 e. The number of aromatic nitrogens is 1. The quantitative estimate of drug-likeness (QED) is 0.166. The highest BCUT2D eigenvalue weighted by atomic mass is 35.5. The number of nitrogens with two attached hydrogens (primary N) is 1. The molecular weight excluding hydrogens is 603 g/mol. The number of hydrogen-bond donors (Lipinski definition) is 4. The van der Waals surface area contributed by atoms with Crippen molar-refractivity contribution in [2.75, 3.05) is 6.54 Å². The van der Waals surface area contributed by atoms with Crippen molar-refractivity contribution < 1.29 is 33.6 Å². The Morgan fingerprint density at radius 2 is 1.77 bits per heavy atom.